The molecule has 0 aromatic rings. The zero-order valence-corrected chi connectivity index (χ0v) is 8.49. The van der Waals surface area contributed by atoms with E-state index < -0.39 is 0 Å². The Bertz CT molecular complexity index is 141. The van der Waals surface area contributed by atoms with Gasteiger partial charge in [-0.15, -0.1) is 0 Å². The van der Waals surface area contributed by atoms with E-state index in [-0.39, 0.29) is 0 Å². The molecular weight excluding hydrogens is 156 g/mol. The number of hydrogen-bond donors (Lipinski definition) is 0. The Labute approximate surface area is 73.5 Å². The molecule has 0 unspecified atom stereocenters. The fourth-order valence-corrected chi connectivity index (χ4v) is 1.55. The zero-order valence-electron chi connectivity index (χ0n) is 7.68. The first-order valence-electron chi connectivity index (χ1n) is 3.97. The Hall–Kier alpha value is -0.370. The van der Waals surface area contributed by atoms with Gasteiger partial charge in [0.2, 0.25) is 0 Å². The Morgan fingerprint density at radius 3 is 2.27 bits per heavy atom. The lowest BCUT2D eigenvalue weighted by Crippen LogP contribution is -1.77. The normalized spacial score (nSPS) is 22.9. The molecule has 0 saturated carbocycles. The molecule has 1 fully saturated rings. The minimum atomic E-state index is 0.777. The van der Waals surface area contributed by atoms with E-state index in [4.69, 9.17) is 4.74 Å². The van der Waals surface area contributed by atoms with E-state index in [0.29, 0.717) is 0 Å². The molecule has 1 rings (SSSR count). The van der Waals surface area contributed by atoms with Crippen LogP contribution in [0, 0.1) is 0 Å². The molecule has 1 nitrogen and oxygen atoms in total. The van der Waals surface area contributed by atoms with Crippen LogP contribution in [0.5, 0.6) is 0 Å². The third-order valence-electron chi connectivity index (χ3n) is 1.20. The Morgan fingerprint density at radius 1 is 1.27 bits per heavy atom. The van der Waals surface area contributed by atoms with Gasteiger partial charge < -0.3 is 4.74 Å². The van der Waals surface area contributed by atoms with Crippen molar-refractivity contribution in [3.8, 4) is 0 Å². The summed E-state index contributed by atoms with van der Waals surface area (Å²) in [5.41, 5.74) is 0. The molecule has 1 aliphatic heterocycles. The third kappa shape index (κ3) is 3.02. The van der Waals surface area contributed by atoms with Gasteiger partial charge in [0.05, 0.1) is 0 Å². The number of hydrogen-bond acceptors (Lipinski definition) is 2. The van der Waals surface area contributed by atoms with Crippen LogP contribution in [0.25, 0.3) is 0 Å². The van der Waals surface area contributed by atoms with Crippen molar-refractivity contribution in [2.24, 2.45) is 0 Å². The van der Waals surface area contributed by atoms with Crippen LogP contribution in [0.4, 0.5) is 0 Å². The average molecular weight is 172 g/mol. The molecule has 1 aliphatic rings. The van der Waals surface area contributed by atoms with Gasteiger partial charge in [-0.3, -0.25) is 0 Å². The van der Waals surface area contributed by atoms with Crippen LogP contribution >= 0.6 is 11.8 Å². The van der Waals surface area contributed by atoms with E-state index >= 15 is 0 Å². The summed E-state index contributed by atoms with van der Waals surface area (Å²) in [6.07, 6.45) is 4.07. The summed E-state index contributed by atoms with van der Waals surface area (Å²) < 4.78 is 5.26. The maximum atomic E-state index is 5.26. The summed E-state index contributed by atoms with van der Waals surface area (Å²) in [5.74, 6) is 1.81. The van der Waals surface area contributed by atoms with Crippen molar-refractivity contribution in [2.75, 3.05) is 5.94 Å². The second-order valence-electron chi connectivity index (χ2n) is 1.71. The lowest BCUT2D eigenvalue weighted by atomic mass is 10.4. The Kier molecular flexibility index (Phi) is 6.13. The van der Waals surface area contributed by atoms with Gasteiger partial charge >= 0.3 is 0 Å². The van der Waals surface area contributed by atoms with E-state index in [1.165, 1.54) is 4.91 Å². The van der Waals surface area contributed by atoms with E-state index in [9.17, 15) is 0 Å². The number of ether oxygens (including phenoxy) is 1. The van der Waals surface area contributed by atoms with E-state index in [2.05, 4.69) is 6.08 Å². The summed E-state index contributed by atoms with van der Waals surface area (Å²) in [7, 11) is 0. The third-order valence-corrected chi connectivity index (χ3v) is 2.18. The standard InChI is InChI=1S/C7H10OS.C2H6/c1-3-6-7(4-2)9-5-8-6;1-2/h3-4H,5H2,1-2H3;1-2H3/b6-3+,7-4+;. The highest BCUT2D eigenvalue weighted by molar-refractivity contribution is 8.03. The molecule has 0 atom stereocenters. The summed E-state index contributed by atoms with van der Waals surface area (Å²) in [4.78, 5) is 1.26. The topological polar surface area (TPSA) is 9.23 Å². The highest BCUT2D eigenvalue weighted by atomic mass is 32.2. The van der Waals surface area contributed by atoms with Crippen LogP contribution in [0.15, 0.2) is 22.8 Å². The fraction of sp³-hybridized carbons (Fsp3) is 0.556. The second kappa shape index (κ2) is 6.35. The minimum Gasteiger partial charge on any atom is -0.482 e. The predicted molar refractivity (Wildman–Crippen MR) is 52.4 cm³/mol. The molecule has 0 N–H and O–H groups in total. The average Bonchev–Trinajstić information content (AvgIpc) is 2.54. The van der Waals surface area contributed by atoms with Crippen molar-refractivity contribution in [1.82, 2.24) is 0 Å². The minimum absolute atomic E-state index is 0.777. The molecule has 0 aromatic carbocycles. The monoisotopic (exact) mass is 172 g/mol. The molecule has 1 saturated heterocycles. The Balaban J connectivity index is 0.000000461. The SMILES string of the molecule is C/C=C1/OCS/C1=C/C.CC. The zero-order chi connectivity index (χ0) is 8.69. The summed E-state index contributed by atoms with van der Waals surface area (Å²) in [6, 6.07) is 0. The highest BCUT2D eigenvalue weighted by Crippen LogP contribution is 2.32. The Morgan fingerprint density at radius 2 is 1.91 bits per heavy atom. The lowest BCUT2D eigenvalue weighted by molar-refractivity contribution is 0.296. The molecule has 11 heavy (non-hydrogen) atoms. The van der Waals surface area contributed by atoms with Crippen molar-refractivity contribution in [3.63, 3.8) is 0 Å². The van der Waals surface area contributed by atoms with E-state index in [1.807, 2.05) is 33.8 Å². The van der Waals surface area contributed by atoms with Gasteiger partial charge in [-0.05, 0) is 19.9 Å². The summed E-state index contributed by atoms with van der Waals surface area (Å²) >= 11 is 1.75. The van der Waals surface area contributed by atoms with Gasteiger partial charge in [-0.25, -0.2) is 0 Å². The van der Waals surface area contributed by atoms with Gasteiger partial charge in [0, 0.05) is 4.91 Å². The molecule has 0 spiro atoms. The van der Waals surface area contributed by atoms with Crippen molar-refractivity contribution in [3.05, 3.63) is 22.8 Å². The molecule has 0 aromatic heterocycles. The smallest absolute Gasteiger partial charge is 0.138 e. The van der Waals surface area contributed by atoms with Gasteiger partial charge in [-0.2, -0.15) is 0 Å². The van der Waals surface area contributed by atoms with Crippen LogP contribution in [0.3, 0.4) is 0 Å². The van der Waals surface area contributed by atoms with Crippen molar-refractivity contribution < 1.29 is 4.74 Å². The number of rotatable bonds is 0. The molecule has 0 bridgehead atoms. The first kappa shape index (κ1) is 10.6. The van der Waals surface area contributed by atoms with Gasteiger partial charge in [0.1, 0.15) is 11.7 Å². The molecular formula is C9H16OS. The maximum absolute atomic E-state index is 5.26. The van der Waals surface area contributed by atoms with E-state index in [1.54, 1.807) is 11.8 Å². The second-order valence-corrected chi connectivity index (χ2v) is 2.68. The highest BCUT2D eigenvalue weighted by Gasteiger charge is 2.12. The van der Waals surface area contributed by atoms with Gasteiger partial charge in [-0.1, -0.05) is 31.7 Å². The van der Waals surface area contributed by atoms with Crippen molar-refractivity contribution in [2.45, 2.75) is 27.7 Å². The number of allylic oxidation sites excluding steroid dienone is 2. The van der Waals surface area contributed by atoms with Crippen molar-refractivity contribution in [1.29, 1.82) is 0 Å². The molecule has 0 radical (unpaired) electrons. The van der Waals surface area contributed by atoms with Crippen LogP contribution in [-0.2, 0) is 4.74 Å². The van der Waals surface area contributed by atoms with Gasteiger partial charge in [0.15, 0.2) is 0 Å². The van der Waals surface area contributed by atoms with Gasteiger partial charge in [0.25, 0.3) is 0 Å². The predicted octanol–water partition coefficient (Wildman–Crippen LogP) is 3.54. The molecule has 2 heteroatoms. The summed E-state index contributed by atoms with van der Waals surface area (Å²) in [5, 5.41) is 0. The lowest BCUT2D eigenvalue weighted by Gasteiger charge is -1.93. The summed E-state index contributed by atoms with van der Waals surface area (Å²) in [6.45, 7) is 8.02. The van der Waals surface area contributed by atoms with Crippen LogP contribution in [0.1, 0.15) is 27.7 Å². The molecule has 0 aliphatic carbocycles. The van der Waals surface area contributed by atoms with Crippen LogP contribution in [0.2, 0.25) is 0 Å². The van der Waals surface area contributed by atoms with Crippen LogP contribution in [-0.4, -0.2) is 5.94 Å². The van der Waals surface area contributed by atoms with Crippen LogP contribution < -0.4 is 0 Å². The maximum Gasteiger partial charge on any atom is 0.138 e. The molecule has 64 valence electrons. The fourth-order valence-electron chi connectivity index (χ4n) is 0.750. The molecule has 1 heterocycles. The first-order valence-corrected chi connectivity index (χ1v) is 4.95. The first-order chi connectivity index (χ1) is 5.38. The largest absolute Gasteiger partial charge is 0.482 e. The molecule has 0 amide bonds. The van der Waals surface area contributed by atoms with Crippen molar-refractivity contribution >= 4 is 11.8 Å². The number of thioether (sulfide) groups is 1. The van der Waals surface area contributed by atoms with E-state index in [0.717, 1.165) is 11.7 Å². The quantitative estimate of drug-likeness (QED) is 0.552.